The molecule has 1 nitrogen and oxygen atoms in total. The molecular weight excluding hydrogens is 300 g/mol. The normalized spacial score (nSPS) is 8.33. The Morgan fingerprint density at radius 2 is 1.83 bits per heavy atom. The zero-order chi connectivity index (χ0) is 6.81. The van der Waals surface area contributed by atoms with E-state index in [4.69, 9.17) is 0 Å². The summed E-state index contributed by atoms with van der Waals surface area (Å²) in [5.41, 5.74) is 0.880. The molecule has 3 heteroatoms. The molecule has 2 rings (SSSR count). The van der Waals surface area contributed by atoms with Crippen LogP contribution in [-0.4, -0.2) is 4.98 Å². The molecule has 0 aliphatic heterocycles. The van der Waals surface area contributed by atoms with Gasteiger partial charge in [-0.3, -0.25) is 24.3 Å². The van der Waals surface area contributed by atoms with Crippen LogP contribution >= 0.6 is 0 Å². The van der Waals surface area contributed by atoms with E-state index in [1.54, 1.807) is 6.20 Å². The van der Waals surface area contributed by atoms with Crippen molar-refractivity contribution in [2.75, 3.05) is 0 Å². The van der Waals surface area contributed by atoms with Crippen molar-refractivity contribution >= 4 is 10.9 Å². The molecule has 12 heavy (non-hydrogen) atoms. The summed E-state index contributed by atoms with van der Waals surface area (Å²) in [5.74, 6) is 0. The number of nitrogens with zero attached hydrogens (tertiary/aromatic N) is 1. The number of aromatic nitrogens is 1. The molecule has 1 heterocycles. The van der Waals surface area contributed by atoms with E-state index in [2.05, 4.69) is 17.1 Å². The molecule has 0 N–H and O–H groups in total. The Morgan fingerprint density at radius 3 is 2.58 bits per heavy atom. The molecule has 1 aromatic carbocycles. The van der Waals surface area contributed by atoms with Crippen LogP contribution in [0.3, 0.4) is 0 Å². The van der Waals surface area contributed by atoms with Crippen LogP contribution in [-0.2, 0) is 65.4 Å². The maximum absolute atomic E-state index is 4.09. The van der Waals surface area contributed by atoms with Crippen LogP contribution in [0.5, 0.6) is 0 Å². The van der Waals surface area contributed by atoms with Gasteiger partial charge in [-0.1, -0.05) is 6.07 Å². The van der Waals surface area contributed by atoms with E-state index < -0.39 is 0 Å². The average molecular weight is 305 g/mol. The molecule has 2 aromatic rings. The molecule has 0 amide bonds. The van der Waals surface area contributed by atoms with Gasteiger partial charge >= 0.3 is 0 Å². The van der Waals surface area contributed by atoms with Gasteiger partial charge in [0.25, 0.3) is 0 Å². The van der Waals surface area contributed by atoms with Crippen LogP contribution in [0.4, 0.5) is 0 Å². The summed E-state index contributed by atoms with van der Waals surface area (Å²) >= 11 is 0. The Balaban J connectivity index is 0.000000605. The first-order valence-corrected chi connectivity index (χ1v) is 3.10. The van der Waals surface area contributed by atoms with Crippen molar-refractivity contribution < 1.29 is 65.4 Å². The summed E-state index contributed by atoms with van der Waals surface area (Å²) in [6.45, 7) is 0. The second kappa shape index (κ2) is 6.32. The summed E-state index contributed by atoms with van der Waals surface area (Å²) in [6, 6.07) is 13.6. The first-order valence-electron chi connectivity index (χ1n) is 3.10. The van der Waals surface area contributed by atoms with E-state index in [1.807, 2.05) is 24.3 Å². The first-order chi connectivity index (χ1) is 4.97. The molecule has 0 aliphatic carbocycles. The quantitative estimate of drug-likeness (QED) is 0.677. The largest absolute Gasteiger partial charge is 0.332 e. The summed E-state index contributed by atoms with van der Waals surface area (Å²) < 4.78 is 0. The molecule has 2 radical (unpaired) electrons. The molecule has 0 saturated heterocycles. The molecule has 0 aliphatic rings. The van der Waals surface area contributed by atoms with Gasteiger partial charge in [-0.2, -0.15) is 6.07 Å². The number of benzene rings is 1. The van der Waals surface area contributed by atoms with Crippen molar-refractivity contribution in [3.05, 3.63) is 42.6 Å². The molecule has 54 valence electrons. The van der Waals surface area contributed by atoms with Gasteiger partial charge in [0.15, 0.2) is 0 Å². The Hall–Kier alpha value is 0.838. The van der Waals surface area contributed by atoms with Crippen molar-refractivity contribution in [1.82, 2.24) is 4.98 Å². The summed E-state index contributed by atoms with van der Waals surface area (Å²) in [4.78, 5) is 4.09. The van der Waals surface area contributed by atoms with Gasteiger partial charge in [-0.15, -0.1) is 5.52 Å². The molecule has 0 bridgehead atoms. The predicted octanol–water partition coefficient (Wildman–Crippen LogP) is 1.83. The maximum Gasteiger partial charge on any atom is 0.00335 e. The van der Waals surface area contributed by atoms with Gasteiger partial charge in [-0.05, 0) is 0 Å². The topological polar surface area (TPSA) is 12.9 Å². The van der Waals surface area contributed by atoms with Crippen LogP contribution in [0, 0.1) is 12.1 Å². The minimum atomic E-state index is 0. The van der Waals surface area contributed by atoms with Crippen molar-refractivity contribution in [3.63, 3.8) is 0 Å². The Labute approximate surface area is 122 Å². The Kier molecular flexibility index (Phi) is 6.76. The summed E-state index contributed by atoms with van der Waals surface area (Å²) in [7, 11) is 0. The minimum Gasteiger partial charge on any atom is -0.332 e. The number of fused-ring (bicyclic) bond motifs is 1. The van der Waals surface area contributed by atoms with Gasteiger partial charge in [-0.25, -0.2) is 5.39 Å². The van der Waals surface area contributed by atoms with Crippen LogP contribution in [0.15, 0.2) is 30.5 Å². The summed E-state index contributed by atoms with van der Waals surface area (Å²) in [5, 5.41) is 1.02. The minimum absolute atomic E-state index is 0. The Bertz CT molecular complexity index is 284. The van der Waals surface area contributed by atoms with E-state index in [-0.39, 0.29) is 65.4 Å². The zero-order valence-corrected chi connectivity index (χ0v) is 12.2. The molecular formula is C9H5NY2-2. The number of hydrogen-bond donors (Lipinski definition) is 0. The van der Waals surface area contributed by atoms with Crippen LogP contribution < -0.4 is 0 Å². The van der Waals surface area contributed by atoms with Gasteiger partial charge in [0.2, 0.25) is 0 Å². The van der Waals surface area contributed by atoms with Crippen molar-refractivity contribution in [2.24, 2.45) is 0 Å². The number of rotatable bonds is 0. The van der Waals surface area contributed by atoms with E-state index >= 15 is 0 Å². The van der Waals surface area contributed by atoms with Crippen LogP contribution in [0.2, 0.25) is 0 Å². The van der Waals surface area contributed by atoms with Gasteiger partial charge in [0, 0.05) is 71.6 Å². The summed E-state index contributed by atoms with van der Waals surface area (Å²) in [6.07, 6.45) is 1.76. The number of hydrogen-bond acceptors (Lipinski definition) is 1. The third kappa shape index (κ3) is 2.96. The van der Waals surface area contributed by atoms with Gasteiger partial charge in [0.05, 0.1) is 0 Å². The second-order valence-corrected chi connectivity index (χ2v) is 2.02. The first kappa shape index (κ1) is 12.8. The predicted molar refractivity (Wildman–Crippen MR) is 39.4 cm³/mol. The molecule has 0 atom stereocenters. The average Bonchev–Trinajstić information content (AvgIpc) is 2.05. The van der Waals surface area contributed by atoms with E-state index in [9.17, 15) is 0 Å². The zero-order valence-electron chi connectivity index (χ0n) is 6.49. The Morgan fingerprint density at radius 1 is 1.08 bits per heavy atom. The van der Waals surface area contributed by atoms with Crippen molar-refractivity contribution in [2.45, 2.75) is 0 Å². The molecule has 0 saturated carbocycles. The third-order valence-electron chi connectivity index (χ3n) is 1.35. The smallest absolute Gasteiger partial charge is 0.00335 e. The van der Waals surface area contributed by atoms with Gasteiger partial charge < -0.3 is 4.98 Å². The van der Waals surface area contributed by atoms with Crippen molar-refractivity contribution in [1.29, 1.82) is 0 Å². The number of pyridine rings is 1. The van der Waals surface area contributed by atoms with E-state index in [0.717, 1.165) is 10.9 Å². The molecule has 0 spiro atoms. The monoisotopic (exact) mass is 305 g/mol. The standard InChI is InChI=1S/C9H5N.2Y/c1-2-6-9-8(4-1)5-3-7-10-9;;/h1-3,5,7H;;/q-2;;. The SMILES string of the molecule is [Y].[Y].[c-]1cc[c-]c2ncccc12. The van der Waals surface area contributed by atoms with E-state index in [1.165, 1.54) is 0 Å². The van der Waals surface area contributed by atoms with Crippen LogP contribution in [0.25, 0.3) is 10.9 Å². The fourth-order valence-corrected chi connectivity index (χ4v) is 0.889. The van der Waals surface area contributed by atoms with Crippen molar-refractivity contribution in [3.8, 4) is 0 Å². The van der Waals surface area contributed by atoms with Crippen LogP contribution in [0.1, 0.15) is 0 Å². The fourth-order valence-electron chi connectivity index (χ4n) is 0.889. The molecule has 0 unspecified atom stereocenters. The third-order valence-corrected chi connectivity index (χ3v) is 1.35. The van der Waals surface area contributed by atoms with Gasteiger partial charge in [0.1, 0.15) is 0 Å². The second-order valence-electron chi connectivity index (χ2n) is 2.02. The molecule has 1 aromatic heterocycles. The fraction of sp³-hybridized carbons (Fsp3) is 0. The maximum atomic E-state index is 4.09. The molecule has 0 fully saturated rings. The van der Waals surface area contributed by atoms with E-state index in [0.29, 0.717) is 0 Å².